The van der Waals surface area contributed by atoms with Crippen LogP contribution in [-0.4, -0.2) is 83.1 Å². The van der Waals surface area contributed by atoms with E-state index in [1.54, 1.807) is 18.8 Å². The van der Waals surface area contributed by atoms with Gasteiger partial charge in [-0.3, -0.25) is 4.79 Å². The Morgan fingerprint density at radius 1 is 0.929 bits per heavy atom. The predicted molar refractivity (Wildman–Crippen MR) is 83.9 cm³/mol. The number of carboxylic acids is 3. The molecule has 0 aromatic carbocycles. The molecule has 0 unspecified atom stereocenters. The summed E-state index contributed by atoms with van der Waals surface area (Å²) in [6.45, 7) is 0.142. The number of thioether (sulfide) groups is 1. The summed E-state index contributed by atoms with van der Waals surface area (Å²) in [5.41, 5.74) is 0. The van der Waals surface area contributed by atoms with Gasteiger partial charge < -0.3 is 26.0 Å². The van der Waals surface area contributed by atoms with Crippen molar-refractivity contribution in [3.63, 3.8) is 0 Å². The van der Waals surface area contributed by atoms with Crippen molar-refractivity contribution in [2.45, 2.75) is 24.8 Å². The van der Waals surface area contributed by atoms with Crippen molar-refractivity contribution < 1.29 is 60.8 Å². The molecule has 16 heteroatoms. The number of carboxylic acid groups (broad SMARTS) is 3. The van der Waals surface area contributed by atoms with Gasteiger partial charge in [-0.2, -0.15) is 38.1 Å². The van der Waals surface area contributed by atoms with E-state index in [4.69, 9.17) is 24.9 Å². The quantitative estimate of drug-likeness (QED) is 0.356. The number of nitrogens with one attached hydrogen (secondary N) is 2. The first-order chi connectivity index (χ1) is 12.5. The Kier molecular flexibility index (Phi) is 16.1. The van der Waals surface area contributed by atoms with Crippen LogP contribution >= 0.6 is 11.8 Å². The Hall–Kier alpha value is -2.23. The molecule has 1 amide bonds. The molecule has 0 spiro atoms. The van der Waals surface area contributed by atoms with Gasteiger partial charge in [0.2, 0.25) is 5.91 Å². The summed E-state index contributed by atoms with van der Waals surface area (Å²) in [4.78, 5) is 39.6. The zero-order valence-corrected chi connectivity index (χ0v) is 15.2. The van der Waals surface area contributed by atoms with Crippen LogP contribution in [0.4, 0.5) is 26.3 Å². The fraction of sp³-hybridized carbons (Fsp3) is 0.667. The minimum Gasteiger partial charge on any atom is -0.480 e. The van der Waals surface area contributed by atoms with Gasteiger partial charge in [0.05, 0.1) is 6.54 Å². The number of likely N-dealkylation sites (N-methyl/N-ethyl adjacent to an activating group) is 1. The highest BCUT2D eigenvalue weighted by Gasteiger charge is 2.38. The number of carbonyl (C=O) groups is 4. The first-order valence-electron chi connectivity index (χ1n) is 6.76. The molecule has 0 aromatic heterocycles. The average molecular weight is 448 g/mol. The lowest BCUT2D eigenvalue weighted by atomic mass is 10.2. The molecular weight excluding hydrogens is 430 g/mol. The van der Waals surface area contributed by atoms with Crippen LogP contribution in [0.5, 0.6) is 0 Å². The molecule has 0 radical (unpaired) electrons. The van der Waals surface area contributed by atoms with Crippen LogP contribution in [0, 0.1) is 0 Å². The molecule has 5 N–H and O–H groups in total. The van der Waals surface area contributed by atoms with Crippen molar-refractivity contribution in [1.29, 1.82) is 0 Å². The molecule has 0 saturated heterocycles. The predicted octanol–water partition coefficient (Wildman–Crippen LogP) is 0.795. The van der Waals surface area contributed by atoms with Crippen molar-refractivity contribution in [1.82, 2.24) is 10.6 Å². The van der Waals surface area contributed by atoms with Crippen LogP contribution in [0.3, 0.4) is 0 Å². The van der Waals surface area contributed by atoms with Crippen molar-refractivity contribution in [3.8, 4) is 0 Å². The second-order valence-electron chi connectivity index (χ2n) is 4.38. The normalized spacial score (nSPS) is 11.7. The number of hydrogen-bond donors (Lipinski definition) is 5. The summed E-state index contributed by atoms with van der Waals surface area (Å²) >= 11 is 1.56. The molecule has 0 bridgehead atoms. The van der Waals surface area contributed by atoms with Crippen molar-refractivity contribution in [2.75, 3.05) is 25.6 Å². The molecule has 0 aliphatic heterocycles. The lowest BCUT2D eigenvalue weighted by Crippen LogP contribution is -2.44. The van der Waals surface area contributed by atoms with E-state index in [0.717, 1.165) is 5.75 Å². The van der Waals surface area contributed by atoms with Gasteiger partial charge in [-0.25, -0.2) is 14.4 Å². The third-order valence-corrected chi connectivity index (χ3v) is 2.71. The minimum absolute atomic E-state index is 0.142. The number of amides is 1. The molecular formula is C12H18F6N2O7S. The van der Waals surface area contributed by atoms with Crippen LogP contribution in [0.1, 0.15) is 6.42 Å². The molecule has 0 aromatic rings. The van der Waals surface area contributed by atoms with Gasteiger partial charge in [0, 0.05) is 0 Å². The molecule has 0 saturated carbocycles. The largest absolute Gasteiger partial charge is 0.490 e. The molecule has 0 aliphatic carbocycles. The molecule has 1 atom stereocenters. The summed E-state index contributed by atoms with van der Waals surface area (Å²) in [7, 11) is 1.64. The van der Waals surface area contributed by atoms with Crippen molar-refractivity contribution in [2.24, 2.45) is 0 Å². The van der Waals surface area contributed by atoms with Crippen molar-refractivity contribution in [3.05, 3.63) is 0 Å². The van der Waals surface area contributed by atoms with Crippen LogP contribution in [0.25, 0.3) is 0 Å². The molecule has 0 fully saturated rings. The first kappa shape index (κ1) is 30.5. The van der Waals surface area contributed by atoms with E-state index >= 15 is 0 Å². The van der Waals surface area contributed by atoms with Crippen LogP contribution in [0.15, 0.2) is 0 Å². The molecule has 0 rings (SSSR count). The third kappa shape index (κ3) is 20.1. The van der Waals surface area contributed by atoms with E-state index < -0.39 is 36.3 Å². The van der Waals surface area contributed by atoms with Crippen LogP contribution in [0.2, 0.25) is 0 Å². The number of carbonyl (C=O) groups excluding carboxylic acids is 1. The minimum atomic E-state index is -5.08. The Bertz CT molecular complexity index is 490. The van der Waals surface area contributed by atoms with Gasteiger partial charge in [-0.15, -0.1) is 0 Å². The molecule has 166 valence electrons. The van der Waals surface area contributed by atoms with Crippen LogP contribution in [-0.2, 0) is 19.2 Å². The average Bonchev–Trinajstić information content (AvgIpc) is 2.50. The summed E-state index contributed by atoms with van der Waals surface area (Å²) in [5.74, 6) is -6.07. The molecule has 28 heavy (non-hydrogen) atoms. The summed E-state index contributed by atoms with van der Waals surface area (Å²) in [5, 5.41) is 28.1. The van der Waals surface area contributed by atoms with Crippen molar-refractivity contribution >= 4 is 35.6 Å². The number of hydrogen-bond acceptors (Lipinski definition) is 6. The second-order valence-corrected chi connectivity index (χ2v) is 5.36. The topological polar surface area (TPSA) is 153 Å². The Balaban J connectivity index is -0.000000375. The number of alkyl halides is 6. The first-order valence-corrected chi connectivity index (χ1v) is 8.15. The van der Waals surface area contributed by atoms with E-state index in [9.17, 15) is 35.9 Å². The fourth-order valence-corrected chi connectivity index (χ4v) is 1.37. The highest BCUT2D eigenvalue weighted by molar-refractivity contribution is 7.98. The molecule has 9 nitrogen and oxygen atoms in total. The standard InChI is InChI=1S/C8H16N2O3S.2C2HF3O2/c1-9-5-7(11)10-6(8(12)13)3-4-14-2;2*3-2(4,5)1(6)7/h6,9H,3-5H2,1-2H3,(H,10,11)(H,12,13);2*(H,6,7)/t6-;;/m0../s1. The van der Waals surface area contributed by atoms with Crippen LogP contribution < -0.4 is 10.6 Å². The highest BCUT2D eigenvalue weighted by atomic mass is 32.2. The van der Waals surface area contributed by atoms with Gasteiger partial charge >= 0.3 is 30.3 Å². The van der Waals surface area contributed by atoms with E-state index in [-0.39, 0.29) is 12.5 Å². The maximum atomic E-state index is 11.1. The molecule has 0 aliphatic rings. The van der Waals surface area contributed by atoms with E-state index in [1.165, 1.54) is 0 Å². The Labute approximate surface area is 158 Å². The van der Waals surface area contributed by atoms with Gasteiger partial charge in [-0.1, -0.05) is 0 Å². The third-order valence-electron chi connectivity index (χ3n) is 2.07. The SMILES string of the molecule is CNCC(=O)N[C@@H](CCSC)C(=O)O.O=C(O)C(F)(F)F.O=C(O)C(F)(F)F. The Morgan fingerprint density at radius 3 is 1.50 bits per heavy atom. The number of halogens is 6. The van der Waals surface area contributed by atoms with E-state index in [1.807, 2.05) is 6.26 Å². The summed E-state index contributed by atoms with van der Waals surface area (Å²) in [6, 6.07) is -0.775. The van der Waals surface area contributed by atoms with Gasteiger partial charge in [0.25, 0.3) is 0 Å². The molecule has 0 heterocycles. The maximum Gasteiger partial charge on any atom is 0.490 e. The monoisotopic (exact) mass is 448 g/mol. The van der Waals surface area contributed by atoms with E-state index in [0.29, 0.717) is 6.42 Å². The number of rotatable bonds is 7. The number of aliphatic carboxylic acids is 3. The highest BCUT2D eigenvalue weighted by Crippen LogP contribution is 2.13. The zero-order chi connectivity index (χ0) is 23.1. The van der Waals surface area contributed by atoms with Gasteiger partial charge in [-0.05, 0) is 25.5 Å². The Morgan fingerprint density at radius 2 is 1.29 bits per heavy atom. The smallest absolute Gasteiger partial charge is 0.480 e. The maximum absolute atomic E-state index is 11.1. The van der Waals surface area contributed by atoms with E-state index in [2.05, 4.69) is 10.6 Å². The van der Waals surface area contributed by atoms with Gasteiger partial charge in [0.15, 0.2) is 0 Å². The lowest BCUT2D eigenvalue weighted by Gasteiger charge is -2.13. The van der Waals surface area contributed by atoms with Gasteiger partial charge in [0.1, 0.15) is 6.04 Å². The fourth-order valence-electron chi connectivity index (χ4n) is 0.899. The summed E-state index contributed by atoms with van der Waals surface area (Å²) in [6.07, 6.45) is -7.82. The lowest BCUT2D eigenvalue weighted by molar-refractivity contribution is -0.193. The summed E-state index contributed by atoms with van der Waals surface area (Å²) < 4.78 is 63.5. The second kappa shape index (κ2) is 14.8. The zero-order valence-electron chi connectivity index (χ0n) is 14.3.